The van der Waals surface area contributed by atoms with Gasteiger partial charge < -0.3 is 10.6 Å². The van der Waals surface area contributed by atoms with Gasteiger partial charge in [-0.2, -0.15) is 11.3 Å². The van der Waals surface area contributed by atoms with Crippen molar-refractivity contribution in [2.75, 3.05) is 11.9 Å². The first-order valence-corrected chi connectivity index (χ1v) is 7.96. The molecule has 0 fully saturated rings. The van der Waals surface area contributed by atoms with Crippen LogP contribution >= 0.6 is 11.3 Å². The molecule has 1 aromatic carbocycles. The second-order valence-corrected chi connectivity index (χ2v) is 5.99. The van der Waals surface area contributed by atoms with Crippen molar-refractivity contribution in [1.29, 1.82) is 0 Å². The molecule has 22 heavy (non-hydrogen) atoms. The van der Waals surface area contributed by atoms with Crippen LogP contribution in [0.25, 0.3) is 0 Å². The SMILES string of the molecule is O=C1C[C@@H](C(=O)NCCc2ccsc2)c2ccc(F)cc2N1. The topological polar surface area (TPSA) is 58.2 Å². The van der Waals surface area contributed by atoms with E-state index >= 15 is 0 Å². The van der Waals surface area contributed by atoms with Crippen LogP contribution in [-0.4, -0.2) is 18.4 Å². The third-order valence-electron chi connectivity index (χ3n) is 3.66. The number of anilines is 1. The summed E-state index contributed by atoms with van der Waals surface area (Å²) in [7, 11) is 0. The Kier molecular flexibility index (Phi) is 4.20. The number of carbonyl (C=O) groups is 2. The fourth-order valence-electron chi connectivity index (χ4n) is 2.56. The van der Waals surface area contributed by atoms with E-state index in [0.717, 1.165) is 6.42 Å². The second-order valence-electron chi connectivity index (χ2n) is 5.21. The van der Waals surface area contributed by atoms with Gasteiger partial charge in [-0.15, -0.1) is 0 Å². The van der Waals surface area contributed by atoms with Crippen molar-refractivity contribution in [3.8, 4) is 0 Å². The standard InChI is InChI=1S/C16H15FN2O2S/c17-11-1-2-12-13(8-15(20)19-14(12)7-11)16(21)18-5-3-10-4-6-22-9-10/h1-2,4,6-7,9,13H,3,5,8H2,(H,18,21)(H,19,20)/t13-/m1/s1. The fourth-order valence-corrected chi connectivity index (χ4v) is 3.26. The molecule has 1 aliphatic heterocycles. The summed E-state index contributed by atoms with van der Waals surface area (Å²) < 4.78 is 13.3. The predicted molar refractivity (Wildman–Crippen MR) is 83.4 cm³/mol. The lowest BCUT2D eigenvalue weighted by Gasteiger charge is -2.24. The molecule has 0 saturated heterocycles. The van der Waals surface area contributed by atoms with Gasteiger partial charge in [0.15, 0.2) is 0 Å². The molecule has 4 nitrogen and oxygen atoms in total. The van der Waals surface area contributed by atoms with E-state index in [0.29, 0.717) is 17.8 Å². The van der Waals surface area contributed by atoms with E-state index in [1.807, 2.05) is 16.8 Å². The van der Waals surface area contributed by atoms with Gasteiger partial charge in [0.2, 0.25) is 11.8 Å². The number of nitrogens with one attached hydrogen (secondary N) is 2. The Morgan fingerprint density at radius 1 is 1.41 bits per heavy atom. The molecule has 1 atom stereocenters. The maximum Gasteiger partial charge on any atom is 0.228 e. The molecule has 2 amide bonds. The lowest BCUT2D eigenvalue weighted by Crippen LogP contribution is -2.36. The third kappa shape index (κ3) is 3.17. The Morgan fingerprint density at radius 3 is 3.05 bits per heavy atom. The van der Waals surface area contributed by atoms with E-state index < -0.39 is 11.7 Å². The smallest absolute Gasteiger partial charge is 0.228 e. The van der Waals surface area contributed by atoms with Gasteiger partial charge in [0.1, 0.15) is 5.82 Å². The predicted octanol–water partition coefficient (Wildman–Crippen LogP) is 2.67. The summed E-state index contributed by atoms with van der Waals surface area (Å²) in [6, 6.07) is 6.14. The largest absolute Gasteiger partial charge is 0.355 e. The van der Waals surface area contributed by atoms with E-state index in [9.17, 15) is 14.0 Å². The van der Waals surface area contributed by atoms with Crippen LogP contribution in [0.1, 0.15) is 23.5 Å². The molecule has 114 valence electrons. The normalized spacial score (nSPS) is 16.8. The monoisotopic (exact) mass is 318 g/mol. The Morgan fingerprint density at radius 2 is 2.27 bits per heavy atom. The average Bonchev–Trinajstić information content (AvgIpc) is 2.99. The Bertz CT molecular complexity index is 700. The van der Waals surface area contributed by atoms with Crippen molar-refractivity contribution in [3.63, 3.8) is 0 Å². The van der Waals surface area contributed by atoms with Crippen molar-refractivity contribution in [2.45, 2.75) is 18.8 Å². The molecule has 6 heteroatoms. The number of fused-ring (bicyclic) bond motifs is 1. The molecule has 1 aliphatic rings. The summed E-state index contributed by atoms with van der Waals surface area (Å²) in [5, 5.41) is 9.50. The number of hydrogen-bond donors (Lipinski definition) is 2. The molecule has 2 heterocycles. The van der Waals surface area contributed by atoms with Gasteiger partial charge in [-0.3, -0.25) is 9.59 Å². The van der Waals surface area contributed by atoms with Crippen molar-refractivity contribution in [3.05, 3.63) is 52.0 Å². The first kappa shape index (κ1) is 14.7. The van der Waals surface area contributed by atoms with Crippen molar-refractivity contribution < 1.29 is 14.0 Å². The summed E-state index contributed by atoms with van der Waals surface area (Å²) in [5.74, 6) is -1.46. The van der Waals surface area contributed by atoms with Gasteiger partial charge in [0.05, 0.1) is 5.92 Å². The van der Waals surface area contributed by atoms with Crippen molar-refractivity contribution in [1.82, 2.24) is 5.32 Å². The minimum atomic E-state index is -0.563. The fraction of sp³-hybridized carbons (Fsp3) is 0.250. The molecule has 1 aromatic heterocycles. The van der Waals surface area contributed by atoms with E-state index in [1.165, 1.54) is 17.7 Å². The number of thiophene rings is 1. The number of halogens is 1. The van der Waals surface area contributed by atoms with Crippen LogP contribution in [0, 0.1) is 5.82 Å². The summed E-state index contributed by atoms with van der Waals surface area (Å²) in [4.78, 5) is 24.0. The highest BCUT2D eigenvalue weighted by molar-refractivity contribution is 7.07. The quantitative estimate of drug-likeness (QED) is 0.910. The van der Waals surface area contributed by atoms with Gasteiger partial charge in [-0.25, -0.2) is 4.39 Å². The molecule has 0 unspecified atom stereocenters. The number of hydrogen-bond acceptors (Lipinski definition) is 3. The van der Waals surface area contributed by atoms with E-state index in [4.69, 9.17) is 0 Å². The third-order valence-corrected chi connectivity index (χ3v) is 4.40. The lowest BCUT2D eigenvalue weighted by atomic mass is 9.89. The molecular formula is C16H15FN2O2S. The molecule has 2 aromatic rings. The summed E-state index contributed by atoms with van der Waals surface area (Å²) in [5.41, 5.74) is 2.22. The maximum absolute atomic E-state index is 13.3. The number of amides is 2. The van der Waals surface area contributed by atoms with Crippen LogP contribution in [-0.2, 0) is 16.0 Å². The molecule has 2 N–H and O–H groups in total. The molecule has 0 aliphatic carbocycles. The van der Waals surface area contributed by atoms with Gasteiger partial charge in [0.25, 0.3) is 0 Å². The molecule has 0 bridgehead atoms. The molecule has 0 saturated carbocycles. The molecular weight excluding hydrogens is 303 g/mol. The van der Waals surface area contributed by atoms with E-state index in [1.54, 1.807) is 17.4 Å². The summed E-state index contributed by atoms with van der Waals surface area (Å²) in [6.45, 7) is 0.518. The van der Waals surface area contributed by atoms with Gasteiger partial charge in [-0.1, -0.05) is 6.07 Å². The van der Waals surface area contributed by atoms with Crippen molar-refractivity contribution in [2.24, 2.45) is 0 Å². The first-order valence-electron chi connectivity index (χ1n) is 7.01. The van der Waals surface area contributed by atoms with Crippen LogP contribution in [0.2, 0.25) is 0 Å². The van der Waals surface area contributed by atoms with E-state index in [-0.39, 0.29) is 18.2 Å². The van der Waals surface area contributed by atoms with Crippen molar-refractivity contribution >= 4 is 28.8 Å². The van der Waals surface area contributed by atoms with Crippen LogP contribution < -0.4 is 10.6 Å². The zero-order valence-electron chi connectivity index (χ0n) is 11.8. The van der Waals surface area contributed by atoms with E-state index in [2.05, 4.69) is 10.6 Å². The second kappa shape index (κ2) is 6.27. The minimum Gasteiger partial charge on any atom is -0.355 e. The van der Waals surface area contributed by atoms with Crippen LogP contribution in [0.15, 0.2) is 35.0 Å². The van der Waals surface area contributed by atoms with Crippen LogP contribution in [0.5, 0.6) is 0 Å². The Labute approximate surface area is 131 Å². The maximum atomic E-state index is 13.3. The minimum absolute atomic E-state index is 0.0862. The molecule has 0 spiro atoms. The average molecular weight is 318 g/mol. The highest BCUT2D eigenvalue weighted by atomic mass is 32.1. The Balaban J connectivity index is 1.68. The number of carbonyl (C=O) groups excluding carboxylic acids is 2. The summed E-state index contributed by atoms with van der Waals surface area (Å²) in [6.07, 6.45) is 0.841. The van der Waals surface area contributed by atoms with Crippen LogP contribution in [0.4, 0.5) is 10.1 Å². The zero-order valence-corrected chi connectivity index (χ0v) is 12.6. The molecule has 3 rings (SSSR count). The van der Waals surface area contributed by atoms with Gasteiger partial charge in [-0.05, 0) is 46.5 Å². The van der Waals surface area contributed by atoms with Gasteiger partial charge in [0, 0.05) is 18.7 Å². The first-order chi connectivity index (χ1) is 10.6. The molecule has 0 radical (unpaired) electrons. The van der Waals surface area contributed by atoms with Crippen LogP contribution in [0.3, 0.4) is 0 Å². The lowest BCUT2D eigenvalue weighted by molar-refractivity contribution is -0.126. The summed E-state index contributed by atoms with van der Waals surface area (Å²) >= 11 is 1.62. The number of benzene rings is 1. The highest BCUT2D eigenvalue weighted by Crippen LogP contribution is 2.32. The Hall–Kier alpha value is -2.21. The number of rotatable bonds is 4. The van der Waals surface area contributed by atoms with Gasteiger partial charge >= 0.3 is 0 Å². The zero-order chi connectivity index (χ0) is 15.5. The highest BCUT2D eigenvalue weighted by Gasteiger charge is 2.30.